The molecule has 0 aromatic heterocycles. The highest BCUT2D eigenvalue weighted by molar-refractivity contribution is 6.09. The third-order valence-corrected chi connectivity index (χ3v) is 7.79. The number of nitrogens with zero attached hydrogens (tertiary/aromatic N) is 2. The first kappa shape index (κ1) is 29.4. The molecular weight excluding hydrogens is 540 g/mol. The van der Waals surface area contributed by atoms with Gasteiger partial charge in [-0.3, -0.25) is 14.4 Å². The van der Waals surface area contributed by atoms with Gasteiger partial charge in [-0.05, 0) is 58.2 Å². The number of aliphatic hydroxyl groups is 1. The fraction of sp³-hybridized carbons (Fsp3) is 0.469. The lowest BCUT2D eigenvalue weighted by molar-refractivity contribution is -0.129. The first-order valence-corrected chi connectivity index (χ1v) is 14.1. The van der Waals surface area contributed by atoms with Crippen LogP contribution in [0.5, 0.6) is 0 Å². The Kier molecular flexibility index (Phi) is 7.25. The van der Waals surface area contributed by atoms with E-state index in [1.54, 1.807) is 59.7 Å². The van der Waals surface area contributed by atoms with Gasteiger partial charge in [0.05, 0.1) is 24.1 Å². The van der Waals surface area contributed by atoms with Gasteiger partial charge in [0, 0.05) is 24.3 Å². The Morgan fingerprint density at radius 3 is 1.76 bits per heavy atom. The van der Waals surface area contributed by atoms with E-state index < -0.39 is 47.5 Å². The lowest BCUT2D eigenvalue weighted by Gasteiger charge is -2.27. The van der Waals surface area contributed by atoms with Crippen LogP contribution in [0.25, 0.3) is 0 Å². The Morgan fingerprint density at radius 2 is 1.19 bits per heavy atom. The maximum absolute atomic E-state index is 12.3. The van der Waals surface area contributed by atoms with Crippen molar-refractivity contribution in [3.05, 3.63) is 70.8 Å². The molecule has 2 aliphatic carbocycles. The van der Waals surface area contributed by atoms with Gasteiger partial charge in [-0.1, -0.05) is 48.5 Å². The smallest absolute Gasteiger partial charge is 0.417 e. The van der Waals surface area contributed by atoms with Crippen molar-refractivity contribution in [2.24, 2.45) is 11.8 Å². The average Bonchev–Trinajstić information content (AvgIpc) is 3.57. The molecule has 0 bridgehead atoms. The van der Waals surface area contributed by atoms with E-state index in [1.165, 1.54) is 4.90 Å². The third kappa shape index (κ3) is 5.19. The summed E-state index contributed by atoms with van der Waals surface area (Å²) in [5.41, 5.74) is 1.64. The second kappa shape index (κ2) is 10.3. The molecule has 4 amide bonds. The largest absolute Gasteiger partial charge is 0.443 e. The average molecular weight is 577 g/mol. The summed E-state index contributed by atoms with van der Waals surface area (Å²) in [5, 5.41) is 10.4. The molecule has 10 nitrogen and oxygen atoms in total. The van der Waals surface area contributed by atoms with Gasteiger partial charge in [-0.15, -0.1) is 0 Å². The van der Waals surface area contributed by atoms with Gasteiger partial charge < -0.3 is 14.6 Å². The number of ketones is 1. The predicted octanol–water partition coefficient (Wildman–Crippen LogP) is 5.27. The SMILES string of the molecule is CC(C)(C)OC(=O)N1C(=O)C[C@@H]2[C@H]1c1ccccc1[C@@H]2O.CC(C)(C)OC(=O)N1C(=O)C[C@H]2C(=O)c3ccccc3[C@H]21. The predicted molar refractivity (Wildman–Crippen MR) is 150 cm³/mol. The molecule has 2 saturated heterocycles. The normalized spacial score (nSPS) is 25.8. The minimum absolute atomic E-state index is 0.0602. The van der Waals surface area contributed by atoms with Gasteiger partial charge in [0.25, 0.3) is 0 Å². The van der Waals surface area contributed by atoms with Crippen LogP contribution in [0.4, 0.5) is 9.59 Å². The van der Waals surface area contributed by atoms with Gasteiger partial charge in [0.2, 0.25) is 11.8 Å². The molecule has 222 valence electrons. The molecule has 4 aliphatic rings. The van der Waals surface area contributed by atoms with Gasteiger partial charge >= 0.3 is 12.2 Å². The topological polar surface area (TPSA) is 131 Å². The standard InChI is InChI=1S/C16H19NO4.C16H17NO4/c2*1-16(2,3)21-15(20)17-12(18)8-11-13(17)9-6-4-5-7-10(9)14(11)19/h4-7,11,13-14,19H,8H2,1-3H3;4-7,11,13H,8H2,1-3H3/t11-,13-,14+;11-,13-/m11/s1. The van der Waals surface area contributed by atoms with E-state index in [0.717, 1.165) is 21.6 Å². The van der Waals surface area contributed by atoms with Gasteiger partial charge in [-0.2, -0.15) is 0 Å². The van der Waals surface area contributed by atoms with E-state index in [4.69, 9.17) is 9.47 Å². The number of likely N-dealkylation sites (tertiary alicyclic amines) is 2. The third-order valence-electron chi connectivity index (χ3n) is 7.79. The number of Topliss-reactive ketones (excluding diaryl/α,β-unsaturated/α-hetero) is 1. The van der Waals surface area contributed by atoms with E-state index in [-0.39, 0.29) is 36.4 Å². The molecule has 0 spiro atoms. The number of hydrogen-bond acceptors (Lipinski definition) is 8. The van der Waals surface area contributed by atoms with Crippen LogP contribution in [0.1, 0.15) is 99.6 Å². The molecule has 10 heteroatoms. The van der Waals surface area contributed by atoms with Crippen molar-refractivity contribution >= 4 is 29.8 Å². The van der Waals surface area contributed by atoms with Crippen molar-refractivity contribution in [1.82, 2.24) is 9.80 Å². The van der Waals surface area contributed by atoms with Crippen LogP contribution in [-0.2, 0) is 19.1 Å². The highest BCUT2D eigenvalue weighted by Gasteiger charge is 2.54. The molecule has 42 heavy (non-hydrogen) atoms. The molecule has 6 rings (SSSR count). The summed E-state index contributed by atoms with van der Waals surface area (Å²) in [6.07, 6.45) is -1.78. The summed E-state index contributed by atoms with van der Waals surface area (Å²) in [6, 6.07) is 13.6. The number of ether oxygens (including phenoxy) is 2. The first-order chi connectivity index (χ1) is 19.6. The van der Waals surface area contributed by atoms with Gasteiger partial charge in [0.1, 0.15) is 11.2 Å². The van der Waals surface area contributed by atoms with Crippen LogP contribution in [0.15, 0.2) is 48.5 Å². The summed E-state index contributed by atoms with van der Waals surface area (Å²) < 4.78 is 10.6. The van der Waals surface area contributed by atoms with Crippen molar-refractivity contribution in [3.8, 4) is 0 Å². The van der Waals surface area contributed by atoms with Crippen molar-refractivity contribution in [3.63, 3.8) is 0 Å². The minimum atomic E-state index is -0.706. The number of imide groups is 2. The van der Waals surface area contributed by atoms with Crippen molar-refractivity contribution in [2.75, 3.05) is 0 Å². The van der Waals surface area contributed by atoms with Crippen LogP contribution in [0, 0.1) is 11.8 Å². The lowest BCUT2D eigenvalue weighted by Crippen LogP contribution is -2.39. The maximum atomic E-state index is 12.3. The second-order valence-electron chi connectivity index (χ2n) is 13.1. The van der Waals surface area contributed by atoms with Crippen molar-refractivity contribution < 1.29 is 38.6 Å². The number of rotatable bonds is 0. The molecule has 2 aromatic rings. The molecule has 5 atom stereocenters. The number of carbonyl (C=O) groups is 5. The Morgan fingerprint density at radius 1 is 0.714 bits per heavy atom. The monoisotopic (exact) mass is 576 g/mol. The van der Waals surface area contributed by atoms with Crippen LogP contribution >= 0.6 is 0 Å². The summed E-state index contributed by atoms with van der Waals surface area (Å²) in [7, 11) is 0. The van der Waals surface area contributed by atoms with Crippen LogP contribution < -0.4 is 0 Å². The molecule has 0 unspecified atom stereocenters. The fourth-order valence-electron chi connectivity index (χ4n) is 6.25. The van der Waals surface area contributed by atoms with Crippen LogP contribution in [0.2, 0.25) is 0 Å². The lowest BCUT2D eigenvalue weighted by atomic mass is 10.00. The van der Waals surface area contributed by atoms with E-state index in [1.807, 2.05) is 30.3 Å². The van der Waals surface area contributed by atoms with Gasteiger partial charge in [0.15, 0.2) is 5.78 Å². The second-order valence-corrected chi connectivity index (χ2v) is 13.1. The number of fused-ring (bicyclic) bond motifs is 6. The quantitative estimate of drug-likeness (QED) is 0.449. The fourth-order valence-corrected chi connectivity index (χ4v) is 6.25. The molecule has 2 heterocycles. The molecule has 0 saturated carbocycles. The molecular formula is C32H36N2O8. The number of benzene rings is 2. The molecule has 0 radical (unpaired) electrons. The number of amides is 4. The van der Waals surface area contributed by atoms with E-state index in [2.05, 4.69) is 0 Å². The molecule has 2 aliphatic heterocycles. The highest BCUT2D eigenvalue weighted by Crippen LogP contribution is 2.53. The highest BCUT2D eigenvalue weighted by atomic mass is 16.6. The summed E-state index contributed by atoms with van der Waals surface area (Å²) in [5.74, 6) is -1.44. The van der Waals surface area contributed by atoms with E-state index in [9.17, 15) is 29.1 Å². The molecule has 2 aromatic carbocycles. The van der Waals surface area contributed by atoms with Crippen molar-refractivity contribution in [2.45, 2.75) is 83.8 Å². The Bertz CT molecular complexity index is 1470. The van der Waals surface area contributed by atoms with E-state index >= 15 is 0 Å². The zero-order valence-corrected chi connectivity index (χ0v) is 24.6. The number of aliphatic hydroxyl groups excluding tert-OH is 1. The van der Waals surface area contributed by atoms with Crippen molar-refractivity contribution in [1.29, 1.82) is 0 Å². The Balaban J connectivity index is 0.000000168. The number of carbonyl (C=O) groups excluding carboxylic acids is 5. The zero-order valence-electron chi connectivity index (χ0n) is 24.6. The number of hydrogen-bond donors (Lipinski definition) is 1. The van der Waals surface area contributed by atoms with E-state index in [0.29, 0.717) is 5.56 Å². The Labute approximate surface area is 244 Å². The Hall–Kier alpha value is -4.05. The maximum Gasteiger partial charge on any atom is 0.417 e. The van der Waals surface area contributed by atoms with Gasteiger partial charge in [-0.25, -0.2) is 19.4 Å². The summed E-state index contributed by atoms with van der Waals surface area (Å²) in [6.45, 7) is 10.5. The zero-order chi connectivity index (χ0) is 30.7. The minimum Gasteiger partial charge on any atom is -0.443 e. The van der Waals surface area contributed by atoms with Crippen LogP contribution in [0.3, 0.4) is 0 Å². The summed E-state index contributed by atoms with van der Waals surface area (Å²) >= 11 is 0. The first-order valence-electron chi connectivity index (χ1n) is 14.1. The van der Waals surface area contributed by atoms with Crippen LogP contribution in [-0.4, -0.2) is 55.9 Å². The molecule has 2 fully saturated rings. The molecule has 1 N–H and O–H groups in total. The summed E-state index contributed by atoms with van der Waals surface area (Å²) in [4.78, 5) is 63.6.